The maximum absolute atomic E-state index is 12.1. The molecule has 1 aliphatic carbocycles. The lowest BCUT2D eigenvalue weighted by Gasteiger charge is -2.07. The summed E-state index contributed by atoms with van der Waals surface area (Å²) >= 11 is 1.45. The van der Waals surface area contributed by atoms with Crippen molar-refractivity contribution < 1.29 is 9.59 Å². The summed E-state index contributed by atoms with van der Waals surface area (Å²) in [7, 11) is 0. The average molecular weight is 281 g/mol. The molecule has 0 bridgehead atoms. The molecule has 4 N–H and O–H groups in total. The molecule has 19 heavy (non-hydrogen) atoms. The number of thiophene rings is 1. The van der Waals surface area contributed by atoms with Crippen molar-refractivity contribution in [2.45, 2.75) is 26.7 Å². The summed E-state index contributed by atoms with van der Waals surface area (Å²) in [4.78, 5) is 25.0. The molecular weight excluding hydrogens is 262 g/mol. The third-order valence-electron chi connectivity index (χ3n) is 3.23. The van der Waals surface area contributed by atoms with E-state index in [9.17, 15) is 9.59 Å². The monoisotopic (exact) mass is 281 g/mol. The van der Waals surface area contributed by atoms with E-state index in [0.29, 0.717) is 23.7 Å². The van der Waals surface area contributed by atoms with Crippen LogP contribution in [0.2, 0.25) is 0 Å². The van der Waals surface area contributed by atoms with Crippen molar-refractivity contribution in [3.8, 4) is 0 Å². The first-order valence-electron chi connectivity index (χ1n) is 6.43. The van der Waals surface area contributed by atoms with E-state index in [0.717, 1.165) is 23.3 Å². The first-order valence-corrected chi connectivity index (χ1v) is 7.25. The molecule has 0 spiro atoms. The van der Waals surface area contributed by atoms with Crippen molar-refractivity contribution in [1.29, 1.82) is 0 Å². The van der Waals surface area contributed by atoms with Crippen LogP contribution in [0.1, 0.15) is 33.6 Å². The molecule has 1 saturated carbocycles. The summed E-state index contributed by atoms with van der Waals surface area (Å²) in [6.45, 7) is 4.68. The Hall–Kier alpha value is -1.40. The Bertz CT molecular complexity index is 506. The number of rotatable bonds is 5. The minimum atomic E-state index is -0.168. The van der Waals surface area contributed by atoms with Crippen LogP contribution in [-0.2, 0) is 4.79 Å². The highest BCUT2D eigenvalue weighted by molar-refractivity contribution is 7.16. The van der Waals surface area contributed by atoms with Crippen LogP contribution in [0, 0.1) is 19.8 Å². The van der Waals surface area contributed by atoms with Crippen molar-refractivity contribution in [1.82, 2.24) is 5.32 Å². The van der Waals surface area contributed by atoms with E-state index in [1.807, 2.05) is 13.8 Å². The van der Waals surface area contributed by atoms with E-state index >= 15 is 0 Å². The number of hydrogen-bond donors (Lipinski definition) is 3. The molecule has 6 heteroatoms. The predicted molar refractivity (Wildman–Crippen MR) is 76.5 cm³/mol. The Labute approximate surface area is 116 Å². The minimum Gasteiger partial charge on any atom is -0.351 e. The fourth-order valence-corrected chi connectivity index (χ4v) is 2.88. The normalized spacial score (nSPS) is 14.3. The van der Waals surface area contributed by atoms with E-state index in [1.165, 1.54) is 11.3 Å². The Morgan fingerprint density at radius 2 is 2.05 bits per heavy atom. The van der Waals surface area contributed by atoms with Crippen LogP contribution in [0.15, 0.2) is 0 Å². The van der Waals surface area contributed by atoms with Crippen LogP contribution in [0.5, 0.6) is 0 Å². The smallest absolute Gasteiger partial charge is 0.254 e. The van der Waals surface area contributed by atoms with Crippen LogP contribution in [0.25, 0.3) is 0 Å². The number of nitrogens with two attached hydrogens (primary N) is 1. The molecule has 5 nitrogen and oxygen atoms in total. The van der Waals surface area contributed by atoms with Crippen LogP contribution in [0.3, 0.4) is 0 Å². The fourth-order valence-electron chi connectivity index (χ4n) is 1.82. The number of hydrogen-bond acceptors (Lipinski definition) is 4. The third-order valence-corrected chi connectivity index (χ3v) is 4.35. The van der Waals surface area contributed by atoms with Crippen molar-refractivity contribution >= 4 is 28.2 Å². The van der Waals surface area contributed by atoms with Gasteiger partial charge in [0.1, 0.15) is 5.00 Å². The SMILES string of the molecule is Cc1sc(NC(=O)C2CC2)c(C(=O)NCCN)c1C. The zero-order valence-electron chi connectivity index (χ0n) is 11.2. The Morgan fingerprint density at radius 3 is 2.63 bits per heavy atom. The van der Waals surface area contributed by atoms with Gasteiger partial charge in [-0.15, -0.1) is 11.3 Å². The lowest BCUT2D eigenvalue weighted by Crippen LogP contribution is -2.30. The fraction of sp³-hybridized carbons (Fsp3) is 0.538. The van der Waals surface area contributed by atoms with E-state index in [-0.39, 0.29) is 17.7 Å². The van der Waals surface area contributed by atoms with Crippen LogP contribution < -0.4 is 16.4 Å². The van der Waals surface area contributed by atoms with Gasteiger partial charge in [0.2, 0.25) is 5.91 Å². The molecule has 1 fully saturated rings. The van der Waals surface area contributed by atoms with E-state index < -0.39 is 0 Å². The summed E-state index contributed by atoms with van der Waals surface area (Å²) in [6, 6.07) is 0. The molecule has 0 atom stereocenters. The van der Waals surface area contributed by atoms with Gasteiger partial charge in [-0.25, -0.2) is 0 Å². The molecule has 1 heterocycles. The predicted octanol–water partition coefficient (Wildman–Crippen LogP) is 1.40. The van der Waals surface area contributed by atoms with Gasteiger partial charge >= 0.3 is 0 Å². The first kappa shape index (κ1) is 14.0. The molecule has 0 aliphatic heterocycles. The maximum Gasteiger partial charge on any atom is 0.254 e. The van der Waals surface area contributed by atoms with Gasteiger partial charge in [-0.1, -0.05) is 0 Å². The number of amides is 2. The quantitative estimate of drug-likeness (QED) is 0.763. The highest BCUT2D eigenvalue weighted by atomic mass is 32.1. The minimum absolute atomic E-state index is 0.0223. The molecular formula is C13H19N3O2S. The number of nitrogens with one attached hydrogen (secondary N) is 2. The van der Waals surface area contributed by atoms with Crippen molar-refractivity contribution in [2.75, 3.05) is 18.4 Å². The first-order chi connectivity index (χ1) is 9.04. The lowest BCUT2D eigenvalue weighted by atomic mass is 10.1. The highest BCUT2D eigenvalue weighted by Crippen LogP contribution is 2.35. The number of carbonyl (C=O) groups is 2. The van der Waals surface area contributed by atoms with Crippen LogP contribution >= 0.6 is 11.3 Å². The van der Waals surface area contributed by atoms with Gasteiger partial charge in [0, 0.05) is 23.9 Å². The number of carbonyl (C=O) groups excluding carboxylic acids is 2. The van der Waals surface area contributed by atoms with Gasteiger partial charge in [0.05, 0.1) is 5.56 Å². The average Bonchev–Trinajstić information content (AvgIpc) is 3.16. The van der Waals surface area contributed by atoms with Crippen molar-refractivity contribution in [2.24, 2.45) is 11.7 Å². The van der Waals surface area contributed by atoms with E-state index in [4.69, 9.17) is 5.73 Å². The molecule has 1 aromatic heterocycles. The second kappa shape index (κ2) is 5.71. The van der Waals surface area contributed by atoms with Gasteiger partial charge in [-0.05, 0) is 32.3 Å². The van der Waals surface area contributed by atoms with Gasteiger partial charge in [-0.2, -0.15) is 0 Å². The van der Waals surface area contributed by atoms with Crippen molar-refractivity contribution in [3.05, 3.63) is 16.0 Å². The van der Waals surface area contributed by atoms with Crippen LogP contribution in [-0.4, -0.2) is 24.9 Å². The van der Waals surface area contributed by atoms with Gasteiger partial charge in [0.15, 0.2) is 0 Å². The van der Waals surface area contributed by atoms with Crippen molar-refractivity contribution in [3.63, 3.8) is 0 Å². The molecule has 2 rings (SSSR count). The zero-order valence-corrected chi connectivity index (χ0v) is 12.0. The molecule has 0 saturated heterocycles. The molecule has 2 amide bonds. The third kappa shape index (κ3) is 3.13. The summed E-state index contributed by atoms with van der Waals surface area (Å²) in [5.41, 5.74) is 6.88. The molecule has 0 unspecified atom stereocenters. The Kier molecular flexibility index (Phi) is 4.21. The summed E-state index contributed by atoms with van der Waals surface area (Å²) in [6.07, 6.45) is 1.90. The largest absolute Gasteiger partial charge is 0.351 e. The molecule has 0 aromatic carbocycles. The van der Waals surface area contributed by atoms with Gasteiger partial charge < -0.3 is 16.4 Å². The topological polar surface area (TPSA) is 84.2 Å². The molecule has 1 aliphatic rings. The maximum atomic E-state index is 12.1. The Balaban J connectivity index is 2.19. The zero-order chi connectivity index (χ0) is 14.0. The van der Waals surface area contributed by atoms with Crippen LogP contribution in [0.4, 0.5) is 5.00 Å². The Morgan fingerprint density at radius 1 is 1.37 bits per heavy atom. The lowest BCUT2D eigenvalue weighted by molar-refractivity contribution is -0.117. The van der Waals surface area contributed by atoms with E-state index in [1.54, 1.807) is 0 Å². The van der Waals surface area contributed by atoms with E-state index in [2.05, 4.69) is 10.6 Å². The molecule has 0 radical (unpaired) electrons. The molecule has 104 valence electrons. The number of aryl methyl sites for hydroxylation is 1. The molecule has 1 aromatic rings. The second-order valence-corrected chi connectivity index (χ2v) is 6.02. The second-order valence-electron chi connectivity index (χ2n) is 4.80. The van der Waals surface area contributed by atoms with Gasteiger partial charge in [-0.3, -0.25) is 9.59 Å². The highest BCUT2D eigenvalue weighted by Gasteiger charge is 2.31. The number of anilines is 1. The van der Waals surface area contributed by atoms with Gasteiger partial charge in [0.25, 0.3) is 5.91 Å². The standard InChI is InChI=1S/C13H19N3O2S/c1-7-8(2)19-13(16-11(17)9-3-4-9)10(7)12(18)15-6-5-14/h9H,3-6,14H2,1-2H3,(H,15,18)(H,16,17). The summed E-state index contributed by atoms with van der Waals surface area (Å²) in [5, 5.41) is 6.29. The summed E-state index contributed by atoms with van der Waals surface area (Å²) in [5.74, 6) is -0.0183. The summed E-state index contributed by atoms with van der Waals surface area (Å²) < 4.78 is 0.